The summed E-state index contributed by atoms with van der Waals surface area (Å²) in [6.45, 7) is 0.0604. The molecular formula is C19H15ClN2O4S. The number of hydrogen-bond donors (Lipinski definition) is 1. The van der Waals surface area contributed by atoms with E-state index in [9.17, 15) is 14.4 Å². The number of hydrogen-bond acceptors (Lipinski definition) is 6. The summed E-state index contributed by atoms with van der Waals surface area (Å²) < 4.78 is 4.65. The highest BCUT2D eigenvalue weighted by Crippen LogP contribution is 2.32. The van der Waals surface area contributed by atoms with Gasteiger partial charge in [-0.3, -0.25) is 14.5 Å². The number of thioether (sulfide) groups is 1. The van der Waals surface area contributed by atoms with Crippen LogP contribution in [0.4, 0.5) is 10.5 Å². The Morgan fingerprint density at radius 3 is 2.44 bits per heavy atom. The third-order valence-corrected chi connectivity index (χ3v) is 4.95. The van der Waals surface area contributed by atoms with E-state index in [0.29, 0.717) is 21.1 Å². The molecule has 0 aliphatic carbocycles. The second kappa shape index (κ2) is 8.28. The lowest BCUT2D eigenvalue weighted by atomic mass is 10.1. The van der Waals surface area contributed by atoms with Crippen molar-refractivity contribution in [2.24, 2.45) is 0 Å². The van der Waals surface area contributed by atoms with E-state index in [4.69, 9.17) is 11.6 Å². The second-order valence-electron chi connectivity index (χ2n) is 5.57. The van der Waals surface area contributed by atoms with Crippen LogP contribution in [0.25, 0.3) is 6.08 Å². The molecule has 0 bridgehead atoms. The maximum Gasteiger partial charge on any atom is 0.337 e. The molecule has 1 heterocycles. The molecule has 0 radical (unpaired) electrons. The zero-order chi connectivity index (χ0) is 19.4. The minimum Gasteiger partial charge on any atom is -0.465 e. The van der Waals surface area contributed by atoms with E-state index in [0.717, 1.165) is 22.3 Å². The van der Waals surface area contributed by atoms with Crippen LogP contribution in [0.1, 0.15) is 15.9 Å². The van der Waals surface area contributed by atoms with Crippen molar-refractivity contribution in [2.75, 3.05) is 19.1 Å². The molecule has 0 atom stereocenters. The molecule has 0 spiro atoms. The minimum atomic E-state index is -0.435. The molecule has 0 unspecified atom stereocenters. The number of nitrogens with one attached hydrogen (secondary N) is 1. The number of halogens is 1. The maximum atomic E-state index is 12.5. The van der Waals surface area contributed by atoms with Gasteiger partial charge in [0.05, 0.1) is 24.2 Å². The molecule has 2 aromatic rings. The van der Waals surface area contributed by atoms with Crippen molar-refractivity contribution in [1.82, 2.24) is 4.90 Å². The number of carbonyl (C=O) groups excluding carboxylic acids is 3. The number of carbonyl (C=O) groups is 3. The molecule has 27 heavy (non-hydrogen) atoms. The van der Waals surface area contributed by atoms with Crippen molar-refractivity contribution in [3.05, 3.63) is 69.6 Å². The van der Waals surface area contributed by atoms with Gasteiger partial charge in [-0.15, -0.1) is 0 Å². The van der Waals surface area contributed by atoms with Gasteiger partial charge in [0.1, 0.15) is 0 Å². The zero-order valence-electron chi connectivity index (χ0n) is 14.3. The number of nitrogens with zero attached hydrogens (tertiary/aromatic N) is 1. The van der Waals surface area contributed by atoms with E-state index < -0.39 is 5.97 Å². The number of imide groups is 1. The Balaban J connectivity index is 1.68. The molecule has 1 fully saturated rings. The number of benzene rings is 2. The van der Waals surface area contributed by atoms with Crippen molar-refractivity contribution in [3.8, 4) is 0 Å². The van der Waals surface area contributed by atoms with Crippen LogP contribution in [-0.2, 0) is 9.53 Å². The van der Waals surface area contributed by atoms with Crippen LogP contribution in [0.2, 0.25) is 5.02 Å². The highest BCUT2D eigenvalue weighted by atomic mass is 35.5. The molecule has 1 saturated heterocycles. The van der Waals surface area contributed by atoms with Gasteiger partial charge in [-0.2, -0.15) is 0 Å². The summed E-state index contributed by atoms with van der Waals surface area (Å²) in [6, 6.07) is 13.5. The van der Waals surface area contributed by atoms with Gasteiger partial charge >= 0.3 is 5.97 Å². The molecule has 138 valence electrons. The Hall–Kier alpha value is -2.77. The number of rotatable bonds is 5. The van der Waals surface area contributed by atoms with E-state index >= 15 is 0 Å². The van der Waals surface area contributed by atoms with Crippen LogP contribution in [-0.4, -0.2) is 35.8 Å². The first-order chi connectivity index (χ1) is 13.0. The van der Waals surface area contributed by atoms with Gasteiger partial charge < -0.3 is 10.1 Å². The number of amides is 2. The quantitative estimate of drug-likeness (QED) is 0.595. The lowest BCUT2D eigenvalue weighted by molar-refractivity contribution is -0.122. The fourth-order valence-electron chi connectivity index (χ4n) is 2.36. The molecule has 1 aliphatic heterocycles. The van der Waals surface area contributed by atoms with Crippen LogP contribution in [0.15, 0.2) is 53.4 Å². The van der Waals surface area contributed by atoms with Crippen molar-refractivity contribution in [3.63, 3.8) is 0 Å². The standard InChI is InChI=1S/C19H15ClN2O4S/c1-26-18(24)13-4-2-12(3-5-13)10-16-17(23)22(19(25)27-16)11-21-15-8-6-14(20)7-9-15/h2-10,21H,11H2,1H3/b16-10-. The highest BCUT2D eigenvalue weighted by molar-refractivity contribution is 8.18. The van der Waals surface area contributed by atoms with Crippen molar-refractivity contribution in [2.45, 2.75) is 0 Å². The van der Waals surface area contributed by atoms with Gasteiger partial charge in [-0.05, 0) is 59.8 Å². The zero-order valence-corrected chi connectivity index (χ0v) is 15.8. The first-order valence-corrected chi connectivity index (χ1v) is 9.10. The van der Waals surface area contributed by atoms with Crippen LogP contribution >= 0.6 is 23.4 Å². The summed E-state index contributed by atoms with van der Waals surface area (Å²) in [5, 5.41) is 3.28. The summed E-state index contributed by atoms with van der Waals surface area (Å²) in [4.78, 5) is 37.6. The molecule has 2 amide bonds. The monoisotopic (exact) mass is 402 g/mol. The van der Waals surface area contributed by atoms with Crippen LogP contribution < -0.4 is 5.32 Å². The van der Waals surface area contributed by atoms with E-state index in [1.54, 1.807) is 54.6 Å². The normalized spacial score (nSPS) is 15.3. The van der Waals surface area contributed by atoms with Crippen molar-refractivity contribution in [1.29, 1.82) is 0 Å². The molecule has 0 aromatic heterocycles. The van der Waals surface area contributed by atoms with E-state index in [1.807, 2.05) is 0 Å². The predicted octanol–water partition coefficient (Wildman–Crippen LogP) is 4.23. The third-order valence-electron chi connectivity index (χ3n) is 3.79. The first kappa shape index (κ1) is 19.0. The average Bonchev–Trinajstić information content (AvgIpc) is 2.94. The van der Waals surface area contributed by atoms with Crippen LogP contribution in [0.3, 0.4) is 0 Å². The second-order valence-corrected chi connectivity index (χ2v) is 6.99. The topological polar surface area (TPSA) is 75.7 Å². The minimum absolute atomic E-state index is 0.0604. The molecule has 2 aromatic carbocycles. The number of methoxy groups -OCH3 is 1. The Morgan fingerprint density at radius 2 is 1.81 bits per heavy atom. The summed E-state index contributed by atoms with van der Waals surface area (Å²) >= 11 is 6.71. The van der Waals surface area contributed by atoms with Crippen LogP contribution in [0.5, 0.6) is 0 Å². The fourth-order valence-corrected chi connectivity index (χ4v) is 3.32. The van der Waals surface area contributed by atoms with Gasteiger partial charge in [-0.1, -0.05) is 23.7 Å². The van der Waals surface area contributed by atoms with Gasteiger partial charge in [0.25, 0.3) is 11.1 Å². The molecule has 1 N–H and O–H groups in total. The number of ether oxygens (including phenoxy) is 1. The number of esters is 1. The molecule has 0 saturated carbocycles. The smallest absolute Gasteiger partial charge is 0.337 e. The summed E-state index contributed by atoms with van der Waals surface area (Å²) in [5.41, 5.74) is 1.87. The molecule has 8 heteroatoms. The lowest BCUT2D eigenvalue weighted by Gasteiger charge is -2.14. The van der Waals surface area contributed by atoms with Gasteiger partial charge in [0.2, 0.25) is 0 Å². The molecule has 1 aliphatic rings. The number of anilines is 1. The fraction of sp³-hybridized carbons (Fsp3) is 0.105. The summed E-state index contributed by atoms with van der Waals surface area (Å²) in [6.07, 6.45) is 1.62. The van der Waals surface area contributed by atoms with Gasteiger partial charge in [-0.25, -0.2) is 4.79 Å². The Kier molecular flexibility index (Phi) is 5.83. The average molecular weight is 403 g/mol. The highest BCUT2D eigenvalue weighted by Gasteiger charge is 2.34. The van der Waals surface area contributed by atoms with Crippen molar-refractivity contribution >= 4 is 52.2 Å². The van der Waals surface area contributed by atoms with Crippen molar-refractivity contribution < 1.29 is 19.1 Å². The third kappa shape index (κ3) is 4.50. The maximum absolute atomic E-state index is 12.5. The molecule has 6 nitrogen and oxygen atoms in total. The SMILES string of the molecule is COC(=O)c1ccc(/C=C2\SC(=O)N(CNc3ccc(Cl)cc3)C2=O)cc1. The molecular weight excluding hydrogens is 388 g/mol. The van der Waals surface area contributed by atoms with Gasteiger partial charge in [0, 0.05) is 10.7 Å². The largest absolute Gasteiger partial charge is 0.465 e. The summed E-state index contributed by atoms with van der Waals surface area (Å²) in [7, 11) is 1.31. The first-order valence-electron chi connectivity index (χ1n) is 7.91. The Morgan fingerprint density at radius 1 is 1.15 bits per heavy atom. The predicted molar refractivity (Wildman–Crippen MR) is 106 cm³/mol. The Bertz CT molecular complexity index is 910. The molecule has 3 rings (SSSR count). The van der Waals surface area contributed by atoms with Crippen LogP contribution in [0, 0.1) is 0 Å². The van der Waals surface area contributed by atoms with E-state index in [-0.39, 0.29) is 17.8 Å². The lowest BCUT2D eigenvalue weighted by Crippen LogP contribution is -2.33. The van der Waals surface area contributed by atoms with E-state index in [2.05, 4.69) is 10.1 Å². The van der Waals surface area contributed by atoms with Gasteiger partial charge in [0.15, 0.2) is 0 Å². The Labute approximate surface area is 165 Å². The van der Waals surface area contributed by atoms with E-state index in [1.165, 1.54) is 7.11 Å². The summed E-state index contributed by atoms with van der Waals surface area (Å²) in [5.74, 6) is -0.807.